The van der Waals surface area contributed by atoms with Crippen LogP contribution in [0.1, 0.15) is 18.1 Å². The van der Waals surface area contributed by atoms with Crippen LogP contribution in [0.3, 0.4) is 0 Å². The Morgan fingerprint density at radius 2 is 2.05 bits per heavy atom. The largest absolute Gasteiger partial charge is 0.468 e. The second-order valence-corrected chi connectivity index (χ2v) is 5.89. The topological polar surface area (TPSA) is 39.2 Å². The predicted octanol–water partition coefficient (Wildman–Crippen LogP) is 3.51. The molecule has 0 aliphatic heterocycles. The van der Waals surface area contributed by atoms with Crippen LogP contribution in [0.15, 0.2) is 29.3 Å². The molecule has 1 aromatic heterocycles. The first-order valence-corrected chi connectivity index (χ1v) is 7.02. The zero-order valence-corrected chi connectivity index (χ0v) is 12.4. The van der Waals surface area contributed by atoms with Crippen LogP contribution in [0, 0.1) is 13.8 Å². The summed E-state index contributed by atoms with van der Waals surface area (Å²) in [6, 6.07) is 8.18. The lowest BCUT2D eigenvalue weighted by atomic mass is 10.1. The van der Waals surface area contributed by atoms with Crippen molar-refractivity contribution in [3.63, 3.8) is 0 Å². The zero-order chi connectivity index (χ0) is 14.0. The Balaban J connectivity index is 2.40. The molecule has 0 radical (unpaired) electrons. The summed E-state index contributed by atoms with van der Waals surface area (Å²) in [5.41, 5.74) is 3.32. The Morgan fingerprint density at radius 3 is 2.74 bits per heavy atom. The molecule has 19 heavy (non-hydrogen) atoms. The third-order valence-electron chi connectivity index (χ3n) is 3.06. The first-order chi connectivity index (χ1) is 9.02. The van der Waals surface area contributed by atoms with E-state index in [9.17, 15) is 4.79 Å². The van der Waals surface area contributed by atoms with Gasteiger partial charge in [-0.15, -0.1) is 0 Å². The van der Waals surface area contributed by atoms with Gasteiger partial charge in [-0.05, 0) is 38.0 Å². The van der Waals surface area contributed by atoms with E-state index in [0.717, 1.165) is 21.5 Å². The summed E-state index contributed by atoms with van der Waals surface area (Å²) in [5.74, 6) is -0.227. The number of methoxy groups -OCH3 is 1. The maximum absolute atomic E-state index is 11.5. The van der Waals surface area contributed by atoms with Gasteiger partial charge in [-0.25, -0.2) is 4.98 Å². The van der Waals surface area contributed by atoms with Crippen molar-refractivity contribution in [2.24, 2.45) is 0 Å². The summed E-state index contributed by atoms with van der Waals surface area (Å²) < 4.78 is 4.74. The molecule has 0 aliphatic rings. The average molecular weight is 275 g/mol. The van der Waals surface area contributed by atoms with Crippen LogP contribution in [0.2, 0.25) is 0 Å². The van der Waals surface area contributed by atoms with Gasteiger partial charge in [0, 0.05) is 5.39 Å². The van der Waals surface area contributed by atoms with Crippen LogP contribution in [-0.2, 0) is 9.53 Å². The van der Waals surface area contributed by atoms with Crippen LogP contribution in [0.25, 0.3) is 10.9 Å². The molecule has 1 unspecified atom stereocenters. The van der Waals surface area contributed by atoms with E-state index < -0.39 is 0 Å². The Kier molecular flexibility index (Phi) is 4.10. The molecule has 0 N–H and O–H groups in total. The standard InChI is InChI=1S/C15H17NO2S/c1-9-6-5-7-12-10(2)8-13(16-14(9)12)19-11(3)15(17)18-4/h5-8,11H,1-4H3. The van der Waals surface area contributed by atoms with Crippen LogP contribution < -0.4 is 0 Å². The molecule has 1 aromatic carbocycles. The van der Waals surface area contributed by atoms with Gasteiger partial charge in [0.25, 0.3) is 0 Å². The number of pyridine rings is 1. The number of benzene rings is 1. The molecule has 0 bridgehead atoms. The zero-order valence-electron chi connectivity index (χ0n) is 11.6. The summed E-state index contributed by atoms with van der Waals surface area (Å²) in [6.07, 6.45) is 0. The third kappa shape index (κ3) is 2.89. The lowest BCUT2D eigenvalue weighted by Gasteiger charge is -2.11. The Hall–Kier alpha value is -1.55. The monoisotopic (exact) mass is 275 g/mol. The maximum atomic E-state index is 11.5. The van der Waals surface area contributed by atoms with E-state index in [4.69, 9.17) is 4.74 Å². The summed E-state index contributed by atoms with van der Waals surface area (Å²) in [6.45, 7) is 5.94. The van der Waals surface area contributed by atoms with Crippen molar-refractivity contribution in [1.82, 2.24) is 4.98 Å². The van der Waals surface area contributed by atoms with Crippen molar-refractivity contribution in [3.8, 4) is 0 Å². The van der Waals surface area contributed by atoms with Gasteiger partial charge in [-0.2, -0.15) is 0 Å². The van der Waals surface area contributed by atoms with E-state index in [0.29, 0.717) is 0 Å². The fourth-order valence-corrected chi connectivity index (χ4v) is 2.93. The molecule has 4 heteroatoms. The number of nitrogens with zero attached hydrogens (tertiary/aromatic N) is 1. The highest BCUT2D eigenvalue weighted by molar-refractivity contribution is 8.00. The minimum atomic E-state index is -0.252. The molecule has 3 nitrogen and oxygen atoms in total. The Labute approximate surface area is 117 Å². The van der Waals surface area contributed by atoms with Gasteiger partial charge < -0.3 is 4.74 Å². The van der Waals surface area contributed by atoms with E-state index in [1.165, 1.54) is 24.4 Å². The molecule has 1 atom stereocenters. The number of ether oxygens (including phenoxy) is 1. The Morgan fingerprint density at radius 1 is 1.32 bits per heavy atom. The SMILES string of the molecule is COC(=O)C(C)Sc1cc(C)c2cccc(C)c2n1. The number of fused-ring (bicyclic) bond motifs is 1. The number of hydrogen-bond donors (Lipinski definition) is 0. The first-order valence-electron chi connectivity index (χ1n) is 6.14. The van der Waals surface area contributed by atoms with E-state index in [-0.39, 0.29) is 11.2 Å². The normalized spacial score (nSPS) is 12.4. The summed E-state index contributed by atoms with van der Waals surface area (Å²) in [5, 5.41) is 1.77. The number of rotatable bonds is 3. The summed E-state index contributed by atoms with van der Waals surface area (Å²) in [4.78, 5) is 16.1. The van der Waals surface area contributed by atoms with Crippen LogP contribution >= 0.6 is 11.8 Å². The number of para-hydroxylation sites is 1. The average Bonchev–Trinajstić information content (AvgIpc) is 2.39. The predicted molar refractivity (Wildman–Crippen MR) is 78.6 cm³/mol. The quantitative estimate of drug-likeness (QED) is 0.635. The highest BCUT2D eigenvalue weighted by Gasteiger charge is 2.16. The first kappa shape index (κ1) is 13.9. The smallest absolute Gasteiger partial charge is 0.318 e. The van der Waals surface area contributed by atoms with Gasteiger partial charge >= 0.3 is 5.97 Å². The number of aryl methyl sites for hydroxylation is 2. The molecule has 0 saturated carbocycles. The van der Waals surface area contributed by atoms with E-state index in [2.05, 4.69) is 18.0 Å². The van der Waals surface area contributed by atoms with Gasteiger partial charge in [-0.3, -0.25) is 4.79 Å². The second kappa shape index (κ2) is 5.61. The lowest BCUT2D eigenvalue weighted by molar-refractivity contribution is -0.139. The van der Waals surface area contributed by atoms with Crippen molar-refractivity contribution < 1.29 is 9.53 Å². The molecule has 100 valence electrons. The fourth-order valence-electron chi connectivity index (χ4n) is 1.99. The number of carbonyl (C=O) groups is 1. The number of carbonyl (C=O) groups excluding carboxylic acids is 1. The minimum Gasteiger partial charge on any atom is -0.468 e. The van der Waals surface area contributed by atoms with Crippen molar-refractivity contribution in [1.29, 1.82) is 0 Å². The molecule has 2 rings (SSSR count). The van der Waals surface area contributed by atoms with Gasteiger partial charge in [0.1, 0.15) is 5.25 Å². The van der Waals surface area contributed by atoms with E-state index >= 15 is 0 Å². The van der Waals surface area contributed by atoms with Crippen molar-refractivity contribution in [3.05, 3.63) is 35.4 Å². The summed E-state index contributed by atoms with van der Waals surface area (Å²) in [7, 11) is 1.41. The van der Waals surface area contributed by atoms with Gasteiger partial charge in [0.05, 0.1) is 17.7 Å². The molecule has 2 aromatic rings. The molecule has 0 aliphatic carbocycles. The molecule has 1 heterocycles. The minimum absolute atomic E-state index is 0.227. The van der Waals surface area contributed by atoms with Crippen molar-refractivity contribution >= 4 is 28.6 Å². The highest BCUT2D eigenvalue weighted by atomic mass is 32.2. The van der Waals surface area contributed by atoms with Crippen molar-refractivity contribution in [2.45, 2.75) is 31.0 Å². The molecule has 0 amide bonds. The van der Waals surface area contributed by atoms with Gasteiger partial charge in [-0.1, -0.05) is 30.0 Å². The second-order valence-electron chi connectivity index (χ2n) is 4.53. The van der Waals surface area contributed by atoms with Crippen LogP contribution in [0.5, 0.6) is 0 Å². The van der Waals surface area contributed by atoms with Crippen LogP contribution in [-0.4, -0.2) is 23.3 Å². The number of aromatic nitrogens is 1. The highest BCUT2D eigenvalue weighted by Crippen LogP contribution is 2.28. The van der Waals surface area contributed by atoms with Crippen molar-refractivity contribution in [2.75, 3.05) is 7.11 Å². The molecule has 0 saturated heterocycles. The van der Waals surface area contributed by atoms with Gasteiger partial charge in [0.2, 0.25) is 0 Å². The van der Waals surface area contributed by atoms with Crippen LogP contribution in [0.4, 0.5) is 0 Å². The maximum Gasteiger partial charge on any atom is 0.318 e. The van der Waals surface area contributed by atoms with E-state index in [1.807, 2.05) is 32.0 Å². The van der Waals surface area contributed by atoms with Gasteiger partial charge in [0.15, 0.2) is 0 Å². The fraction of sp³-hybridized carbons (Fsp3) is 0.333. The molecule has 0 spiro atoms. The third-order valence-corrected chi connectivity index (χ3v) is 4.05. The lowest BCUT2D eigenvalue weighted by Crippen LogP contribution is -2.14. The molecular weight excluding hydrogens is 258 g/mol. The van der Waals surface area contributed by atoms with E-state index in [1.54, 1.807) is 0 Å². The Bertz CT molecular complexity index is 625. The number of esters is 1. The molecular formula is C15H17NO2S. The summed E-state index contributed by atoms with van der Waals surface area (Å²) >= 11 is 1.43. The number of thioether (sulfide) groups is 1. The molecule has 0 fully saturated rings. The number of hydrogen-bond acceptors (Lipinski definition) is 4.